The molecule has 2 aromatic carbocycles. The van der Waals surface area contributed by atoms with Crippen molar-refractivity contribution in [3.05, 3.63) is 59.7 Å². The van der Waals surface area contributed by atoms with Crippen molar-refractivity contribution in [3.8, 4) is 5.75 Å². The third kappa shape index (κ3) is 5.12. The van der Waals surface area contributed by atoms with Crippen LogP contribution in [0.5, 0.6) is 5.75 Å². The lowest BCUT2D eigenvalue weighted by molar-refractivity contribution is 0.0928. The van der Waals surface area contributed by atoms with Crippen LogP contribution in [0.2, 0.25) is 0 Å². The lowest BCUT2D eigenvalue weighted by Gasteiger charge is -2.23. The number of hydrogen-bond acceptors (Lipinski definition) is 3. The van der Waals surface area contributed by atoms with Crippen molar-refractivity contribution in [3.63, 3.8) is 0 Å². The summed E-state index contributed by atoms with van der Waals surface area (Å²) in [4.78, 5) is 25.6. The minimum Gasteiger partial charge on any atom is -0.493 e. The van der Waals surface area contributed by atoms with Gasteiger partial charge in [-0.15, -0.1) is 0 Å². The van der Waals surface area contributed by atoms with Crippen LogP contribution in [0.4, 0.5) is 5.69 Å². The van der Waals surface area contributed by atoms with Crippen LogP contribution in [-0.2, 0) is 0 Å². The van der Waals surface area contributed by atoms with Gasteiger partial charge in [0.1, 0.15) is 5.75 Å². The molecule has 1 saturated carbocycles. The zero-order valence-corrected chi connectivity index (χ0v) is 16.4. The van der Waals surface area contributed by atoms with Crippen molar-refractivity contribution in [2.45, 2.75) is 51.5 Å². The Hall–Kier alpha value is -2.82. The molecule has 0 atom stereocenters. The number of hydrogen-bond donors (Lipinski definition) is 2. The molecule has 5 heteroatoms. The Balaban J connectivity index is 1.74. The van der Waals surface area contributed by atoms with Gasteiger partial charge in [-0.05, 0) is 43.5 Å². The molecule has 148 valence electrons. The van der Waals surface area contributed by atoms with E-state index in [1.54, 1.807) is 30.3 Å². The summed E-state index contributed by atoms with van der Waals surface area (Å²) in [5.41, 5.74) is 1.44. The minimum atomic E-state index is -0.287. The molecule has 0 spiro atoms. The van der Waals surface area contributed by atoms with Gasteiger partial charge in [0.05, 0.1) is 23.4 Å². The number of nitrogens with one attached hydrogen (secondary N) is 2. The molecule has 0 aliphatic heterocycles. The number of rotatable bonds is 7. The van der Waals surface area contributed by atoms with Gasteiger partial charge in [-0.25, -0.2) is 0 Å². The van der Waals surface area contributed by atoms with E-state index in [1.807, 2.05) is 25.1 Å². The fraction of sp³-hybridized carbons (Fsp3) is 0.391. The molecule has 0 heterocycles. The lowest BCUT2D eigenvalue weighted by atomic mass is 9.95. The van der Waals surface area contributed by atoms with Crippen LogP contribution in [0, 0.1) is 0 Å². The number of carbonyl (C=O) groups is 2. The van der Waals surface area contributed by atoms with E-state index in [2.05, 4.69) is 10.6 Å². The zero-order chi connectivity index (χ0) is 19.8. The van der Waals surface area contributed by atoms with Crippen molar-refractivity contribution in [1.29, 1.82) is 0 Å². The van der Waals surface area contributed by atoms with Crippen LogP contribution in [0.3, 0.4) is 0 Å². The quantitative estimate of drug-likeness (QED) is 0.726. The van der Waals surface area contributed by atoms with E-state index in [4.69, 9.17) is 4.74 Å². The largest absolute Gasteiger partial charge is 0.493 e. The summed E-state index contributed by atoms with van der Waals surface area (Å²) in [6.45, 7) is 2.56. The van der Waals surface area contributed by atoms with Crippen LogP contribution in [0.25, 0.3) is 0 Å². The van der Waals surface area contributed by atoms with Crippen molar-refractivity contribution in [2.24, 2.45) is 0 Å². The van der Waals surface area contributed by atoms with Crippen LogP contribution >= 0.6 is 0 Å². The van der Waals surface area contributed by atoms with E-state index in [-0.39, 0.29) is 17.9 Å². The first-order valence-electron chi connectivity index (χ1n) is 10.1. The van der Waals surface area contributed by atoms with Gasteiger partial charge in [-0.3, -0.25) is 9.59 Å². The van der Waals surface area contributed by atoms with E-state index in [9.17, 15) is 9.59 Å². The van der Waals surface area contributed by atoms with Crippen molar-refractivity contribution >= 4 is 17.5 Å². The number of para-hydroxylation sites is 2. The van der Waals surface area contributed by atoms with Crippen LogP contribution in [0.1, 0.15) is 66.2 Å². The molecule has 0 radical (unpaired) electrons. The normalized spacial score (nSPS) is 14.3. The summed E-state index contributed by atoms with van der Waals surface area (Å²) < 4.78 is 5.68. The Morgan fingerprint density at radius 3 is 2.36 bits per heavy atom. The van der Waals surface area contributed by atoms with Gasteiger partial charge in [-0.2, -0.15) is 0 Å². The van der Waals surface area contributed by atoms with E-state index in [0.29, 0.717) is 29.2 Å². The highest BCUT2D eigenvalue weighted by Crippen LogP contribution is 2.23. The molecule has 0 unspecified atom stereocenters. The first-order valence-corrected chi connectivity index (χ1v) is 10.1. The molecule has 2 N–H and O–H groups in total. The molecular weight excluding hydrogens is 352 g/mol. The Morgan fingerprint density at radius 2 is 1.61 bits per heavy atom. The molecule has 5 nitrogen and oxygen atoms in total. The zero-order valence-electron chi connectivity index (χ0n) is 16.4. The van der Waals surface area contributed by atoms with Crippen LogP contribution < -0.4 is 15.4 Å². The minimum absolute atomic E-state index is 0.140. The predicted octanol–water partition coefficient (Wildman–Crippen LogP) is 4.79. The number of ether oxygens (including phenoxy) is 1. The van der Waals surface area contributed by atoms with Crippen molar-refractivity contribution < 1.29 is 14.3 Å². The Kier molecular flexibility index (Phi) is 7.06. The molecule has 3 rings (SSSR count). The van der Waals surface area contributed by atoms with Gasteiger partial charge in [0.25, 0.3) is 11.8 Å². The van der Waals surface area contributed by atoms with Gasteiger partial charge in [-0.1, -0.05) is 50.5 Å². The second-order valence-electron chi connectivity index (χ2n) is 7.15. The second kappa shape index (κ2) is 9.93. The number of benzene rings is 2. The molecule has 0 bridgehead atoms. The van der Waals surface area contributed by atoms with E-state index >= 15 is 0 Å². The average Bonchev–Trinajstić information content (AvgIpc) is 2.73. The van der Waals surface area contributed by atoms with Crippen molar-refractivity contribution in [1.82, 2.24) is 5.32 Å². The lowest BCUT2D eigenvalue weighted by Crippen LogP contribution is -2.36. The highest BCUT2D eigenvalue weighted by atomic mass is 16.5. The maximum atomic E-state index is 12.8. The maximum Gasteiger partial charge on any atom is 0.259 e. The molecule has 2 amide bonds. The molecule has 1 aliphatic rings. The molecule has 0 aromatic heterocycles. The first-order chi connectivity index (χ1) is 13.7. The highest BCUT2D eigenvalue weighted by molar-refractivity contribution is 6.10. The monoisotopic (exact) mass is 380 g/mol. The summed E-state index contributed by atoms with van der Waals surface area (Å²) in [5, 5.41) is 5.99. The smallest absolute Gasteiger partial charge is 0.259 e. The number of anilines is 1. The van der Waals surface area contributed by atoms with Gasteiger partial charge in [0, 0.05) is 6.04 Å². The molecule has 1 aliphatic carbocycles. The van der Waals surface area contributed by atoms with E-state index in [0.717, 1.165) is 32.1 Å². The molecule has 2 aromatic rings. The molecule has 28 heavy (non-hydrogen) atoms. The van der Waals surface area contributed by atoms with Gasteiger partial charge >= 0.3 is 0 Å². The third-order valence-electron chi connectivity index (χ3n) is 4.95. The Bertz CT molecular complexity index is 813. The van der Waals surface area contributed by atoms with Gasteiger partial charge < -0.3 is 15.4 Å². The van der Waals surface area contributed by atoms with Crippen LogP contribution in [0.15, 0.2) is 48.5 Å². The molecular formula is C23H28N2O3. The van der Waals surface area contributed by atoms with E-state index < -0.39 is 0 Å². The Labute approximate surface area is 166 Å². The maximum absolute atomic E-state index is 12.8. The summed E-state index contributed by atoms with van der Waals surface area (Å²) in [6.07, 6.45) is 6.43. The topological polar surface area (TPSA) is 67.4 Å². The third-order valence-corrected chi connectivity index (χ3v) is 4.95. The summed E-state index contributed by atoms with van der Waals surface area (Å²) in [6, 6.07) is 14.5. The number of carbonyl (C=O) groups excluding carboxylic acids is 2. The predicted molar refractivity (Wildman–Crippen MR) is 111 cm³/mol. The molecule has 1 fully saturated rings. The fourth-order valence-electron chi connectivity index (χ4n) is 3.48. The van der Waals surface area contributed by atoms with Crippen LogP contribution in [-0.4, -0.2) is 24.5 Å². The average molecular weight is 380 g/mol. The number of amides is 2. The van der Waals surface area contributed by atoms with E-state index in [1.165, 1.54) is 6.42 Å². The fourth-order valence-corrected chi connectivity index (χ4v) is 3.48. The van der Waals surface area contributed by atoms with Gasteiger partial charge in [0.15, 0.2) is 0 Å². The summed E-state index contributed by atoms with van der Waals surface area (Å²) in [7, 11) is 0. The van der Waals surface area contributed by atoms with Crippen molar-refractivity contribution in [2.75, 3.05) is 11.9 Å². The standard InChI is InChI=1S/C23H28N2O3/c1-2-16-28-21-15-9-7-13-19(21)23(27)25-20-14-8-6-12-18(20)22(26)24-17-10-4-3-5-11-17/h6-9,12-15,17H,2-5,10-11,16H2,1H3,(H,24,26)(H,25,27). The Morgan fingerprint density at radius 1 is 0.929 bits per heavy atom. The second-order valence-corrected chi connectivity index (χ2v) is 7.15. The summed E-state index contributed by atoms with van der Waals surface area (Å²) in [5.74, 6) is 0.119. The molecule has 0 saturated heterocycles. The van der Waals surface area contributed by atoms with Gasteiger partial charge in [0.2, 0.25) is 0 Å². The SMILES string of the molecule is CCCOc1ccccc1C(=O)Nc1ccccc1C(=O)NC1CCCCC1. The summed E-state index contributed by atoms with van der Waals surface area (Å²) >= 11 is 0. The highest BCUT2D eigenvalue weighted by Gasteiger charge is 2.20. The first kappa shape index (κ1) is 19.9.